The summed E-state index contributed by atoms with van der Waals surface area (Å²) in [7, 11) is 0. The Hall–Kier alpha value is -6.33. The van der Waals surface area contributed by atoms with E-state index in [1.54, 1.807) is 0 Å². The van der Waals surface area contributed by atoms with E-state index in [9.17, 15) is 0 Å². The molecule has 5 nitrogen and oxygen atoms in total. The molecule has 0 radical (unpaired) electrons. The molecule has 1 aliphatic rings. The van der Waals surface area contributed by atoms with Crippen LogP contribution in [0.1, 0.15) is 140 Å². The van der Waals surface area contributed by atoms with Gasteiger partial charge in [0.1, 0.15) is 24.0 Å². The molecule has 6 aromatic carbocycles. The van der Waals surface area contributed by atoms with Crippen molar-refractivity contribution in [2.75, 3.05) is 16.5 Å². The molecule has 65 heavy (non-hydrogen) atoms. The smallest absolute Gasteiger partial charge is 0.137 e. The molecular weight excluding hydrogens is 793 g/mol. The lowest BCUT2D eigenvalue weighted by molar-refractivity contribution is 0.483. The molecule has 0 atom stereocenters. The van der Waals surface area contributed by atoms with Crippen molar-refractivity contribution < 1.29 is 4.74 Å². The quantitative estimate of drug-likeness (QED) is 0.123. The summed E-state index contributed by atoms with van der Waals surface area (Å²) in [4.78, 5) is 9.89. The molecule has 0 saturated heterocycles. The number of ether oxygens (including phenoxy) is 1. The zero-order valence-electron chi connectivity index (χ0n) is 40.4. The van der Waals surface area contributed by atoms with Gasteiger partial charge in [0.15, 0.2) is 0 Å². The van der Waals surface area contributed by atoms with Crippen molar-refractivity contribution in [3.8, 4) is 28.4 Å². The van der Waals surface area contributed by atoms with Crippen LogP contribution < -0.4 is 14.5 Å². The van der Waals surface area contributed by atoms with Crippen LogP contribution in [0.4, 0.5) is 22.7 Å². The molecule has 0 aliphatic carbocycles. The first-order valence-corrected chi connectivity index (χ1v) is 24.0. The number of nitrogens with zero attached hydrogens (tertiary/aromatic N) is 4. The number of aromatic nitrogens is 2. The zero-order valence-corrected chi connectivity index (χ0v) is 40.4. The van der Waals surface area contributed by atoms with Gasteiger partial charge in [-0.25, -0.2) is 4.98 Å². The summed E-state index contributed by atoms with van der Waals surface area (Å²) < 4.78 is 9.46. The summed E-state index contributed by atoms with van der Waals surface area (Å²) in [5, 5.41) is 2.36. The average molecular weight is 859 g/mol. The Kier molecular flexibility index (Phi) is 11.9. The lowest BCUT2D eigenvalue weighted by atomic mass is 9.81. The summed E-state index contributed by atoms with van der Waals surface area (Å²) in [5.74, 6) is 4.11. The van der Waals surface area contributed by atoms with Gasteiger partial charge in [0.2, 0.25) is 0 Å². The second-order valence-electron chi connectivity index (χ2n) is 20.1. The Bertz CT molecular complexity index is 2990. The summed E-state index contributed by atoms with van der Waals surface area (Å²) in [6.45, 7) is 26.0. The number of rotatable bonds is 12. The molecule has 0 bridgehead atoms. The SMILES string of the molecule is CCC(CC)c1cccc(N2CN(c3cc(Oc4ccc5c6ccccc6n(-c6cc(C(C)(C)C)ccn6)c5c4)cc(-c4c(C(C)C)cc(C(C)C)cc4C(C)C)c3)c3ccccc32)c1. The fraction of sp³-hybridized carbons (Fsp3) is 0.317. The predicted octanol–water partition coefficient (Wildman–Crippen LogP) is 17.5. The second kappa shape index (κ2) is 17.6. The van der Waals surface area contributed by atoms with E-state index in [1.165, 1.54) is 66.8 Å². The Morgan fingerprint density at radius 1 is 0.569 bits per heavy atom. The number of pyridine rings is 1. The molecular formula is C60H66N4O. The van der Waals surface area contributed by atoms with E-state index in [1.807, 2.05) is 6.20 Å². The molecule has 9 rings (SSSR count). The monoisotopic (exact) mass is 859 g/mol. The highest BCUT2D eigenvalue weighted by Crippen LogP contribution is 2.48. The average Bonchev–Trinajstić information content (AvgIpc) is 3.85. The van der Waals surface area contributed by atoms with Crippen LogP contribution in [0.25, 0.3) is 38.8 Å². The van der Waals surface area contributed by atoms with E-state index in [-0.39, 0.29) is 5.41 Å². The lowest BCUT2D eigenvalue weighted by Crippen LogP contribution is -2.24. The van der Waals surface area contributed by atoms with Crippen LogP contribution >= 0.6 is 0 Å². The molecule has 0 spiro atoms. The standard InChI is InChI=1S/C60H66N4O/c1-12-41(13-2)42-19-18-20-46(29-42)62-37-63(56-24-17-16-23-55(56)62)47-30-44(59-52(39(5)6)32-43(38(3)4)33-53(59)40(7)8)31-49(35-47)65-48-25-26-51-50-21-14-15-22-54(50)64(57(51)36-48)58-34-45(27-28-61-58)60(9,10)11/h14-36,38-41H,12-13,37H2,1-11H3. The van der Waals surface area contributed by atoms with E-state index in [2.05, 4.69) is 224 Å². The van der Waals surface area contributed by atoms with Crippen molar-refractivity contribution in [2.45, 2.75) is 118 Å². The van der Waals surface area contributed by atoms with Gasteiger partial charge in [-0.15, -0.1) is 0 Å². The fourth-order valence-electron chi connectivity index (χ4n) is 10.00. The highest BCUT2D eigenvalue weighted by molar-refractivity contribution is 6.09. The predicted molar refractivity (Wildman–Crippen MR) is 277 cm³/mol. The highest BCUT2D eigenvalue weighted by atomic mass is 16.5. The van der Waals surface area contributed by atoms with Gasteiger partial charge in [-0.3, -0.25) is 4.57 Å². The Morgan fingerprint density at radius 3 is 1.89 bits per heavy atom. The van der Waals surface area contributed by atoms with Crippen LogP contribution in [0.2, 0.25) is 0 Å². The second-order valence-corrected chi connectivity index (χ2v) is 20.1. The molecule has 1 aliphatic heterocycles. The van der Waals surface area contributed by atoms with Crippen molar-refractivity contribution in [2.24, 2.45) is 0 Å². The van der Waals surface area contributed by atoms with Crippen LogP contribution in [-0.2, 0) is 5.41 Å². The van der Waals surface area contributed by atoms with Crippen LogP contribution in [-0.4, -0.2) is 16.2 Å². The third kappa shape index (κ3) is 8.31. The van der Waals surface area contributed by atoms with Crippen molar-refractivity contribution in [3.63, 3.8) is 0 Å². The van der Waals surface area contributed by atoms with Crippen molar-refractivity contribution in [1.82, 2.24) is 9.55 Å². The first-order chi connectivity index (χ1) is 31.2. The lowest BCUT2D eigenvalue weighted by Gasteiger charge is -2.26. The Labute approximate surface area is 387 Å². The summed E-state index contributed by atoms with van der Waals surface area (Å²) in [5.41, 5.74) is 16.1. The highest BCUT2D eigenvalue weighted by Gasteiger charge is 2.30. The maximum Gasteiger partial charge on any atom is 0.137 e. The molecule has 0 fully saturated rings. The number of anilines is 4. The van der Waals surface area contributed by atoms with Gasteiger partial charge in [0, 0.05) is 40.5 Å². The van der Waals surface area contributed by atoms with Crippen molar-refractivity contribution in [3.05, 3.63) is 167 Å². The molecule has 5 heteroatoms. The largest absolute Gasteiger partial charge is 0.457 e. The van der Waals surface area contributed by atoms with Crippen LogP contribution in [0.5, 0.6) is 11.5 Å². The van der Waals surface area contributed by atoms with E-state index < -0.39 is 0 Å². The van der Waals surface area contributed by atoms with E-state index >= 15 is 0 Å². The van der Waals surface area contributed by atoms with Crippen LogP contribution in [0.15, 0.2) is 140 Å². The number of benzene rings is 6. The minimum atomic E-state index is -0.0163. The topological polar surface area (TPSA) is 33.5 Å². The first kappa shape index (κ1) is 43.9. The number of para-hydroxylation sites is 3. The fourth-order valence-corrected chi connectivity index (χ4v) is 10.00. The minimum Gasteiger partial charge on any atom is -0.457 e. The van der Waals surface area contributed by atoms with Crippen LogP contribution in [0, 0.1) is 0 Å². The first-order valence-electron chi connectivity index (χ1n) is 24.0. The van der Waals surface area contributed by atoms with Gasteiger partial charge in [0.05, 0.1) is 22.4 Å². The summed E-state index contributed by atoms with van der Waals surface area (Å²) in [6.07, 6.45) is 4.20. The van der Waals surface area contributed by atoms with Gasteiger partial charge in [0.25, 0.3) is 0 Å². The van der Waals surface area contributed by atoms with E-state index in [4.69, 9.17) is 9.72 Å². The summed E-state index contributed by atoms with van der Waals surface area (Å²) in [6, 6.07) is 49.4. The normalized spacial score (nSPS) is 13.1. The van der Waals surface area contributed by atoms with Crippen molar-refractivity contribution in [1.29, 1.82) is 0 Å². The maximum atomic E-state index is 7.17. The van der Waals surface area contributed by atoms with Gasteiger partial charge in [-0.1, -0.05) is 131 Å². The Morgan fingerprint density at radius 2 is 1.23 bits per heavy atom. The van der Waals surface area contributed by atoms with Crippen LogP contribution in [0.3, 0.4) is 0 Å². The number of hydrogen-bond acceptors (Lipinski definition) is 4. The van der Waals surface area contributed by atoms with Crippen molar-refractivity contribution >= 4 is 44.6 Å². The molecule has 0 unspecified atom stereocenters. The van der Waals surface area contributed by atoms with Gasteiger partial charge in [-0.05, 0) is 148 Å². The molecule has 2 aromatic heterocycles. The third-order valence-corrected chi connectivity index (χ3v) is 13.7. The minimum absolute atomic E-state index is 0.0163. The van der Waals surface area contributed by atoms with Gasteiger partial charge >= 0.3 is 0 Å². The van der Waals surface area contributed by atoms with E-state index in [0.717, 1.165) is 46.9 Å². The maximum absolute atomic E-state index is 7.17. The molecule has 0 saturated carbocycles. The molecule has 8 aromatic rings. The Balaban J connectivity index is 1.22. The van der Waals surface area contributed by atoms with Gasteiger partial charge in [-0.2, -0.15) is 0 Å². The molecule has 0 N–H and O–H groups in total. The zero-order chi connectivity index (χ0) is 45.7. The van der Waals surface area contributed by atoms with E-state index in [0.29, 0.717) is 30.3 Å². The molecule has 332 valence electrons. The molecule has 0 amide bonds. The summed E-state index contributed by atoms with van der Waals surface area (Å²) >= 11 is 0. The number of hydrogen-bond donors (Lipinski definition) is 0. The molecule has 3 heterocycles. The third-order valence-electron chi connectivity index (χ3n) is 13.7. The van der Waals surface area contributed by atoms with Gasteiger partial charge < -0.3 is 14.5 Å². The number of fused-ring (bicyclic) bond motifs is 4.